The third-order valence-electron chi connectivity index (χ3n) is 17.9. The number of ether oxygens (including phenoxy) is 2. The average molecular weight is 1370 g/mol. The van der Waals surface area contributed by atoms with Gasteiger partial charge in [0.1, 0.15) is 11.2 Å². The summed E-state index contributed by atoms with van der Waals surface area (Å²) in [5.74, 6) is 3.51. The number of hydrogen-bond donors (Lipinski definition) is 5. The van der Waals surface area contributed by atoms with Crippen LogP contribution in [0.4, 0.5) is 22.8 Å². The molecule has 1 saturated carbocycles. The van der Waals surface area contributed by atoms with Crippen molar-refractivity contribution >= 4 is 48.1 Å². The molecule has 95 heavy (non-hydrogen) atoms. The molecule has 2 amide bonds. The topological polar surface area (TPSA) is 230 Å². The van der Waals surface area contributed by atoms with Gasteiger partial charge in [0.25, 0.3) is 0 Å². The zero-order valence-electron chi connectivity index (χ0n) is 60.6. The van der Waals surface area contributed by atoms with Crippen molar-refractivity contribution in [3.8, 4) is 0 Å². The zero-order chi connectivity index (χ0) is 68.8. The molecule has 10 rings (SSSR count). The molecule has 0 aromatic rings. The summed E-state index contributed by atoms with van der Waals surface area (Å²) in [7, 11) is -5.84. The first-order valence-corrected chi connectivity index (χ1v) is 36.0. The summed E-state index contributed by atoms with van der Waals surface area (Å²) in [6.45, 7) is 27.1. The van der Waals surface area contributed by atoms with E-state index in [9.17, 15) is 55.8 Å². The summed E-state index contributed by atoms with van der Waals surface area (Å²) in [6, 6.07) is 1.25. The first kappa shape index (κ1) is 85.2. The molecule has 2 saturated heterocycles. The molecular formula is C72H115BF3N5NaO12S. The second kappa shape index (κ2) is 40.3. The van der Waals surface area contributed by atoms with Crippen LogP contribution in [-0.2, 0) is 38.2 Å². The molecule has 0 spiro atoms. The number of carbonyl (C=O) groups is 5. The molecular weight excluding hydrogens is 1250 g/mol. The Balaban J connectivity index is 0.000000398. The first-order chi connectivity index (χ1) is 43.5. The number of nitrogens with zero attached hydrogens (tertiary/aromatic N) is 2. The summed E-state index contributed by atoms with van der Waals surface area (Å²) in [4.78, 5) is 60.4. The maximum Gasteiger partial charge on any atom is 1.00 e. The minimum atomic E-state index is -5.84. The Kier molecular flexibility index (Phi) is 36.1. The molecule has 5 aliphatic carbocycles. The van der Waals surface area contributed by atoms with Gasteiger partial charge in [0.15, 0.2) is 17.3 Å². The smallest absolute Gasteiger partial charge is 1.00 e. The van der Waals surface area contributed by atoms with E-state index in [0.29, 0.717) is 36.8 Å². The van der Waals surface area contributed by atoms with Gasteiger partial charge in [-0.3, -0.25) is 19.3 Å². The summed E-state index contributed by atoms with van der Waals surface area (Å²) >= 11 is 0. The third kappa shape index (κ3) is 31.0. The van der Waals surface area contributed by atoms with E-state index in [4.69, 9.17) is 9.47 Å². The molecule has 10 unspecified atom stereocenters. The zero-order valence-corrected chi connectivity index (χ0v) is 62.4. The van der Waals surface area contributed by atoms with Crippen LogP contribution < -0.4 is 45.5 Å². The summed E-state index contributed by atoms with van der Waals surface area (Å²) in [5, 5.41) is 29.8. The number of rotatable bonds is 6. The minimum absolute atomic E-state index is 0. The third-order valence-corrected chi connectivity index (χ3v) is 18.9. The molecule has 531 valence electrons. The van der Waals surface area contributed by atoms with Crippen LogP contribution in [0, 0.1) is 35.5 Å². The number of ketones is 3. The van der Waals surface area contributed by atoms with Crippen molar-refractivity contribution in [3.63, 3.8) is 0 Å². The predicted molar refractivity (Wildman–Crippen MR) is 365 cm³/mol. The molecule has 5 N–H and O–H groups in total. The Hall–Kier alpha value is -4.03. The molecule has 5 heterocycles. The molecule has 0 bridgehead atoms. The number of carbonyl (C=O) groups excluding carboxylic acids is 5. The van der Waals surface area contributed by atoms with Crippen LogP contribution in [0.3, 0.4) is 0 Å². The average Bonchev–Trinajstić information content (AvgIpc) is 0.819. The largest absolute Gasteiger partial charge is 1.00 e. The Bertz CT molecular complexity index is 2850. The second-order valence-corrected chi connectivity index (χ2v) is 31.3. The van der Waals surface area contributed by atoms with Gasteiger partial charge in [-0.2, -0.15) is 21.6 Å². The standard InChI is InChI=1S/C17H25NO3.C12H18F3NO5S.C12H23NO.C12H21NO.C12H17NO.C7H10O.B.Na.H/c1-12-8-9-15(13-6-5-7-14(19)10-13)18(11-12)16(20)21-17(2,3)4;1-8-5-6-9(21-22(18,19)12(13,14)15)16(7-8)10(17)20-11(2,3)4;3*1-9-5-6-12(13-8-9)10-3-2-4-11(14)7-10;1-6-3-2-4-7(8)5-6;;;/h9-10,12H,5-8,11H2,1-4H3;6,8H,5,7H2,1-4H3;9-14H,2-8H2,1H3;7,9,11-14H,2-6,8H2,1H3;6-7,9,13H,2-5,8H2,1H3;5H,2-4H2,1H3;;;/q;;;;;;;+1;-1. The van der Waals surface area contributed by atoms with Gasteiger partial charge in [-0.15, -0.1) is 0 Å². The number of amides is 2. The number of aliphatic hydroxyl groups excluding tert-OH is 2. The molecule has 10 atom stereocenters. The van der Waals surface area contributed by atoms with E-state index >= 15 is 0 Å². The van der Waals surface area contributed by atoms with E-state index in [1.165, 1.54) is 73.9 Å². The number of allylic oxidation sites excluding steroid dienone is 9. The second-order valence-electron chi connectivity index (χ2n) is 29.7. The van der Waals surface area contributed by atoms with Crippen LogP contribution in [0.25, 0.3) is 0 Å². The van der Waals surface area contributed by atoms with Crippen LogP contribution in [0.15, 0.2) is 82.1 Å². The first-order valence-electron chi connectivity index (χ1n) is 34.6. The van der Waals surface area contributed by atoms with Gasteiger partial charge in [-0.25, -0.2) is 14.5 Å². The summed E-state index contributed by atoms with van der Waals surface area (Å²) in [5.41, 5.74) is -0.0114. The van der Waals surface area contributed by atoms with Gasteiger partial charge in [0.05, 0.1) is 12.2 Å². The van der Waals surface area contributed by atoms with E-state index in [0.717, 1.165) is 149 Å². The number of alkyl halides is 3. The fraction of sp³-hybridized carbons (Fsp3) is 0.736. The molecule has 10 aliphatic rings. The minimum Gasteiger partial charge on any atom is -1.00 e. The fourth-order valence-electron chi connectivity index (χ4n) is 12.8. The van der Waals surface area contributed by atoms with Crippen molar-refractivity contribution in [2.75, 3.05) is 32.7 Å². The van der Waals surface area contributed by atoms with E-state index in [-0.39, 0.29) is 88.1 Å². The molecule has 3 fully saturated rings. The molecule has 5 aliphatic heterocycles. The van der Waals surface area contributed by atoms with Crippen molar-refractivity contribution in [1.29, 1.82) is 0 Å². The number of aliphatic hydroxyl groups is 2. The normalized spacial score (nSPS) is 28.2. The number of nitrogens with one attached hydrogen (secondary N) is 3. The molecule has 23 heteroatoms. The van der Waals surface area contributed by atoms with Crippen LogP contribution >= 0.6 is 0 Å². The van der Waals surface area contributed by atoms with Gasteiger partial charge in [0.2, 0.25) is 5.88 Å². The summed E-state index contributed by atoms with van der Waals surface area (Å²) < 4.78 is 74.0. The maximum absolute atomic E-state index is 12.4. The Morgan fingerprint density at radius 2 is 1.14 bits per heavy atom. The Morgan fingerprint density at radius 1 is 0.600 bits per heavy atom. The van der Waals surface area contributed by atoms with E-state index in [2.05, 4.69) is 66.1 Å². The van der Waals surface area contributed by atoms with Gasteiger partial charge < -0.3 is 41.2 Å². The van der Waals surface area contributed by atoms with Crippen molar-refractivity contribution in [3.05, 3.63) is 82.1 Å². The van der Waals surface area contributed by atoms with Crippen LogP contribution in [0.1, 0.15) is 232 Å². The van der Waals surface area contributed by atoms with E-state index in [1.807, 2.05) is 33.8 Å². The predicted octanol–water partition coefficient (Wildman–Crippen LogP) is 11.2. The van der Waals surface area contributed by atoms with Crippen molar-refractivity contribution in [1.82, 2.24) is 25.8 Å². The summed E-state index contributed by atoms with van der Waals surface area (Å²) in [6.07, 6.45) is 34.8. The number of halogens is 3. The van der Waals surface area contributed by atoms with Crippen molar-refractivity contribution in [2.24, 2.45) is 35.5 Å². The van der Waals surface area contributed by atoms with Crippen LogP contribution in [-0.4, -0.2) is 140 Å². The monoisotopic (exact) mass is 1360 g/mol. The Labute approximate surface area is 592 Å². The van der Waals surface area contributed by atoms with Crippen molar-refractivity contribution < 1.29 is 100 Å². The molecule has 0 aromatic heterocycles. The number of piperidine rings is 2. The van der Waals surface area contributed by atoms with Crippen LogP contribution in [0.2, 0.25) is 0 Å². The van der Waals surface area contributed by atoms with E-state index < -0.39 is 38.8 Å². The van der Waals surface area contributed by atoms with Gasteiger partial charge in [-0.1, -0.05) is 70.4 Å². The number of hydrogen-bond acceptors (Lipinski definition) is 15. The van der Waals surface area contributed by atoms with Gasteiger partial charge in [0, 0.05) is 70.8 Å². The van der Waals surface area contributed by atoms with Crippen molar-refractivity contribution in [2.45, 2.75) is 272 Å². The maximum atomic E-state index is 12.4. The van der Waals surface area contributed by atoms with Gasteiger partial charge >= 0.3 is 57.4 Å². The molecule has 17 nitrogen and oxygen atoms in total. The van der Waals surface area contributed by atoms with Crippen LogP contribution in [0.5, 0.6) is 0 Å². The van der Waals surface area contributed by atoms with E-state index in [1.54, 1.807) is 44.7 Å². The molecule has 0 aromatic carbocycles. The fourth-order valence-corrected chi connectivity index (χ4v) is 13.3. The SMILES string of the molecule is CC1=CC(=O)CCC1.CC1CC=C(C2=CC(=O)CCC2)N(C(=O)OC(C)(C)C)C1.CC1CC=C(C2=CC(=O)CCC2)NC1.CC1CC=C(OS(=O)(=O)C(F)(F)F)N(C(=O)OC(C)(C)C)C1.CC1CCC(C2=CC(O)CCC2)NC1.CC1CCC(C2CCCC(O)C2)NC1.[B].[H-].[Na+]. The Morgan fingerprint density at radius 3 is 1.63 bits per heavy atom. The molecule has 3 radical (unpaired) electrons. The van der Waals surface area contributed by atoms with Gasteiger partial charge in [-0.05, 0) is 255 Å². The quantitative estimate of drug-likeness (QED) is 0.0721.